The van der Waals surface area contributed by atoms with E-state index in [-0.39, 0.29) is 30.2 Å². The molecule has 0 atom stereocenters. The molecule has 1 saturated carbocycles. The van der Waals surface area contributed by atoms with Crippen LogP contribution in [0.1, 0.15) is 24.2 Å². The summed E-state index contributed by atoms with van der Waals surface area (Å²) in [7, 11) is 2.00. The minimum atomic E-state index is 0. The second-order valence-corrected chi connectivity index (χ2v) is 6.12. The van der Waals surface area contributed by atoms with Crippen LogP contribution in [0.4, 0.5) is 0 Å². The van der Waals surface area contributed by atoms with Gasteiger partial charge in [0.25, 0.3) is 0 Å². The fourth-order valence-electron chi connectivity index (χ4n) is 3.06. The first-order valence-corrected chi connectivity index (χ1v) is 7.65. The molecular weight excluding hydrogens is 367 g/mol. The molecule has 0 amide bonds. The lowest BCUT2D eigenvalue weighted by molar-refractivity contribution is 0.694. The van der Waals surface area contributed by atoms with E-state index in [1.54, 1.807) is 12.4 Å². The topological polar surface area (TPSA) is 43.6 Å². The van der Waals surface area contributed by atoms with Gasteiger partial charge in [-0.2, -0.15) is 0 Å². The number of rotatable bonds is 3. The zero-order valence-corrected chi connectivity index (χ0v) is 15.4. The minimum Gasteiger partial charge on any atom is -0.313 e. The van der Waals surface area contributed by atoms with Crippen LogP contribution in [0.25, 0.3) is 11.4 Å². The van der Waals surface area contributed by atoms with E-state index in [2.05, 4.69) is 44.0 Å². The normalized spacial score (nSPS) is 14.4. The molecule has 0 bridgehead atoms. The van der Waals surface area contributed by atoms with Gasteiger partial charge in [-0.1, -0.05) is 41.9 Å². The van der Waals surface area contributed by atoms with Crippen LogP contribution in [0.15, 0.2) is 48.8 Å². The smallest absolute Gasteiger partial charge is 0.165 e. The van der Waals surface area contributed by atoms with Crippen molar-refractivity contribution in [2.24, 2.45) is 7.05 Å². The molecule has 4 rings (SSSR count). The van der Waals surface area contributed by atoms with Crippen LogP contribution in [0.2, 0.25) is 5.02 Å². The number of hydrogen-bond donors (Lipinski definition) is 0. The van der Waals surface area contributed by atoms with Crippen molar-refractivity contribution < 1.29 is 0 Å². The molecule has 7 heteroatoms. The lowest BCUT2D eigenvalue weighted by Gasteiger charge is -2.15. The van der Waals surface area contributed by atoms with Crippen LogP contribution in [0, 0.1) is 0 Å². The number of halogens is 3. The maximum atomic E-state index is 6.24. The Morgan fingerprint density at radius 3 is 2.38 bits per heavy atom. The molecule has 126 valence electrons. The summed E-state index contributed by atoms with van der Waals surface area (Å²) in [5.74, 6) is 1.78. The van der Waals surface area contributed by atoms with Crippen molar-refractivity contribution in [2.75, 3.05) is 0 Å². The SMILES string of the molecule is Cl.Cl.Cn1c(-c2ccncc2Cl)nnc1C1(c2ccccc2)CC1. The Labute approximate surface area is 158 Å². The Morgan fingerprint density at radius 2 is 1.75 bits per heavy atom. The molecule has 2 heterocycles. The van der Waals surface area contributed by atoms with Gasteiger partial charge in [-0.15, -0.1) is 35.0 Å². The minimum absolute atomic E-state index is 0. The molecule has 1 fully saturated rings. The van der Waals surface area contributed by atoms with Crippen molar-refractivity contribution in [1.82, 2.24) is 19.7 Å². The number of benzene rings is 1. The number of nitrogens with zero attached hydrogens (tertiary/aromatic N) is 4. The molecule has 3 aromatic rings. The van der Waals surface area contributed by atoms with Crippen LogP contribution in [-0.4, -0.2) is 19.7 Å². The number of aromatic nitrogens is 4. The van der Waals surface area contributed by atoms with E-state index in [1.807, 2.05) is 19.2 Å². The lowest BCUT2D eigenvalue weighted by Crippen LogP contribution is -2.15. The van der Waals surface area contributed by atoms with Crippen LogP contribution >= 0.6 is 36.4 Å². The van der Waals surface area contributed by atoms with E-state index in [9.17, 15) is 0 Å². The third-order valence-corrected chi connectivity index (χ3v) is 4.69. The van der Waals surface area contributed by atoms with Crippen LogP contribution in [-0.2, 0) is 12.5 Å². The average Bonchev–Trinajstić information content (AvgIpc) is 3.27. The molecule has 0 saturated heterocycles. The van der Waals surface area contributed by atoms with E-state index in [1.165, 1.54) is 5.56 Å². The highest BCUT2D eigenvalue weighted by molar-refractivity contribution is 6.33. The van der Waals surface area contributed by atoms with E-state index in [4.69, 9.17) is 11.6 Å². The standard InChI is InChI=1S/C17H15ClN4.2ClH/c1-22-15(13-7-10-19-11-14(13)18)20-21-16(22)17(8-9-17)12-5-3-2-4-6-12;;/h2-7,10-11H,8-9H2,1H3;2*1H. The van der Waals surface area contributed by atoms with Crippen molar-refractivity contribution in [3.8, 4) is 11.4 Å². The van der Waals surface area contributed by atoms with E-state index in [0.29, 0.717) is 5.02 Å². The Balaban J connectivity index is 0.00000104. The first kappa shape index (κ1) is 18.7. The molecule has 0 radical (unpaired) electrons. The Kier molecular flexibility index (Phi) is 5.53. The van der Waals surface area contributed by atoms with Crippen LogP contribution in [0.5, 0.6) is 0 Å². The van der Waals surface area contributed by atoms with E-state index in [0.717, 1.165) is 30.1 Å². The summed E-state index contributed by atoms with van der Waals surface area (Å²) in [5, 5.41) is 9.45. The van der Waals surface area contributed by atoms with Gasteiger partial charge in [-0.25, -0.2) is 0 Å². The fourth-order valence-corrected chi connectivity index (χ4v) is 3.26. The number of pyridine rings is 1. The molecular formula is C17H17Cl3N4. The summed E-state index contributed by atoms with van der Waals surface area (Å²) in [6, 6.07) is 12.4. The van der Waals surface area contributed by atoms with Gasteiger partial charge in [0, 0.05) is 25.0 Å². The summed E-state index contributed by atoms with van der Waals surface area (Å²) < 4.78 is 2.06. The van der Waals surface area contributed by atoms with Gasteiger partial charge in [-0.3, -0.25) is 4.98 Å². The molecule has 1 aromatic carbocycles. The van der Waals surface area contributed by atoms with E-state index < -0.39 is 0 Å². The van der Waals surface area contributed by atoms with Gasteiger partial charge in [0.2, 0.25) is 0 Å². The van der Waals surface area contributed by atoms with Crippen molar-refractivity contribution in [2.45, 2.75) is 18.3 Å². The molecule has 0 spiro atoms. The largest absolute Gasteiger partial charge is 0.313 e. The molecule has 1 aliphatic rings. The van der Waals surface area contributed by atoms with Gasteiger partial charge in [0.05, 0.1) is 10.4 Å². The predicted molar refractivity (Wildman–Crippen MR) is 100 cm³/mol. The van der Waals surface area contributed by atoms with Gasteiger partial charge < -0.3 is 4.57 Å². The molecule has 24 heavy (non-hydrogen) atoms. The van der Waals surface area contributed by atoms with Gasteiger partial charge in [0.15, 0.2) is 5.82 Å². The van der Waals surface area contributed by atoms with Crippen molar-refractivity contribution >= 4 is 36.4 Å². The maximum Gasteiger partial charge on any atom is 0.165 e. The molecule has 1 aliphatic carbocycles. The van der Waals surface area contributed by atoms with Crippen molar-refractivity contribution in [3.05, 3.63) is 65.2 Å². The highest BCUT2D eigenvalue weighted by atomic mass is 35.5. The zero-order chi connectivity index (χ0) is 15.2. The molecule has 4 nitrogen and oxygen atoms in total. The maximum absolute atomic E-state index is 6.24. The molecule has 2 aromatic heterocycles. The zero-order valence-electron chi connectivity index (χ0n) is 13.0. The average molecular weight is 384 g/mol. The van der Waals surface area contributed by atoms with Crippen molar-refractivity contribution in [3.63, 3.8) is 0 Å². The number of hydrogen-bond acceptors (Lipinski definition) is 3. The van der Waals surface area contributed by atoms with Gasteiger partial charge in [-0.05, 0) is 24.5 Å². The summed E-state index contributed by atoms with van der Waals surface area (Å²) in [4.78, 5) is 4.03. The first-order chi connectivity index (χ1) is 10.7. The summed E-state index contributed by atoms with van der Waals surface area (Å²) in [6.45, 7) is 0. The summed E-state index contributed by atoms with van der Waals surface area (Å²) >= 11 is 6.24. The molecule has 0 unspecified atom stereocenters. The Hall–Kier alpha value is -1.62. The quantitative estimate of drug-likeness (QED) is 0.671. The first-order valence-electron chi connectivity index (χ1n) is 7.28. The Bertz CT molecular complexity index is 829. The summed E-state index contributed by atoms with van der Waals surface area (Å²) in [6.07, 6.45) is 5.56. The fraction of sp³-hybridized carbons (Fsp3) is 0.235. The van der Waals surface area contributed by atoms with Gasteiger partial charge in [0.1, 0.15) is 5.82 Å². The Morgan fingerprint density at radius 1 is 1.04 bits per heavy atom. The van der Waals surface area contributed by atoms with Crippen LogP contribution < -0.4 is 0 Å². The van der Waals surface area contributed by atoms with Gasteiger partial charge >= 0.3 is 0 Å². The monoisotopic (exact) mass is 382 g/mol. The van der Waals surface area contributed by atoms with Crippen LogP contribution in [0.3, 0.4) is 0 Å². The summed E-state index contributed by atoms with van der Waals surface area (Å²) in [5.41, 5.74) is 2.17. The second kappa shape index (κ2) is 7.09. The third-order valence-electron chi connectivity index (χ3n) is 4.39. The van der Waals surface area contributed by atoms with E-state index >= 15 is 0 Å². The second-order valence-electron chi connectivity index (χ2n) is 5.71. The molecule has 0 N–H and O–H groups in total. The lowest BCUT2D eigenvalue weighted by atomic mass is 9.95. The predicted octanol–water partition coefficient (Wildman–Crippen LogP) is 4.45. The highest BCUT2D eigenvalue weighted by Gasteiger charge is 2.49. The van der Waals surface area contributed by atoms with Crippen molar-refractivity contribution in [1.29, 1.82) is 0 Å². The highest BCUT2D eigenvalue weighted by Crippen LogP contribution is 2.52. The third kappa shape index (κ3) is 2.90. The molecule has 0 aliphatic heterocycles.